The second-order valence-corrected chi connectivity index (χ2v) is 10.6. The molecular weight excluding hydrogens is 502 g/mol. The van der Waals surface area contributed by atoms with Crippen molar-refractivity contribution < 1.29 is 23.9 Å². The number of nitrogens with one attached hydrogen (secondary N) is 4. The fourth-order valence-corrected chi connectivity index (χ4v) is 4.11. The van der Waals surface area contributed by atoms with Gasteiger partial charge in [0.25, 0.3) is 0 Å². The molecule has 0 saturated carbocycles. The van der Waals surface area contributed by atoms with Gasteiger partial charge in [-0.2, -0.15) is 0 Å². The highest BCUT2D eigenvalue weighted by Gasteiger charge is 2.30. The Morgan fingerprint density at radius 1 is 0.974 bits per heavy atom. The summed E-state index contributed by atoms with van der Waals surface area (Å²) in [4.78, 5) is 51.8. The molecule has 2 aromatic rings. The molecule has 0 saturated heterocycles. The smallest absolute Gasteiger partial charge is 0.243 e. The van der Waals surface area contributed by atoms with Crippen molar-refractivity contribution in [2.75, 3.05) is 6.61 Å². The topological polar surface area (TPSA) is 156 Å². The molecule has 0 unspecified atom stereocenters. The average molecular weight is 542 g/mol. The molecule has 1 aromatic carbocycles. The van der Waals surface area contributed by atoms with Crippen LogP contribution in [0.4, 0.5) is 0 Å². The highest BCUT2D eigenvalue weighted by Crippen LogP contribution is 2.14. The van der Waals surface area contributed by atoms with E-state index in [1.54, 1.807) is 55.9 Å². The summed E-state index contributed by atoms with van der Waals surface area (Å²) in [6.07, 6.45) is 2.20. The van der Waals surface area contributed by atoms with Crippen molar-refractivity contribution in [2.24, 2.45) is 11.8 Å². The fraction of sp³-hybridized carbons (Fsp3) is 0.556. The lowest BCUT2D eigenvalue weighted by Gasteiger charge is -2.27. The number of carbonyl (C=O) groups is 4. The average Bonchev–Trinajstić information content (AvgIpc) is 3.32. The van der Waals surface area contributed by atoms with Gasteiger partial charge in [0, 0.05) is 0 Å². The Morgan fingerprint density at radius 2 is 1.69 bits per heavy atom. The van der Waals surface area contributed by atoms with Gasteiger partial charge in [-0.05, 0) is 42.9 Å². The van der Waals surface area contributed by atoms with Crippen LogP contribution in [0.3, 0.4) is 0 Å². The van der Waals surface area contributed by atoms with Gasteiger partial charge in [0.05, 0.1) is 25.7 Å². The highest BCUT2D eigenvalue weighted by atomic mass is 16.5. The number of amides is 4. The zero-order valence-corrected chi connectivity index (χ0v) is 23.2. The number of carbonyl (C=O) groups excluding carboxylic acids is 4. The molecule has 0 radical (unpaired) electrons. The summed E-state index contributed by atoms with van der Waals surface area (Å²) in [7, 11) is 0. The third-order valence-electron chi connectivity index (χ3n) is 6.26. The van der Waals surface area contributed by atoms with E-state index in [-0.39, 0.29) is 30.7 Å². The molecule has 2 aliphatic rings. The van der Waals surface area contributed by atoms with Gasteiger partial charge < -0.3 is 26.0 Å². The maximum atomic E-state index is 13.2. The molecule has 0 spiro atoms. The lowest BCUT2D eigenvalue weighted by atomic mass is 9.99. The summed E-state index contributed by atoms with van der Waals surface area (Å²) in [5.41, 5.74) is 1.33. The van der Waals surface area contributed by atoms with Crippen LogP contribution >= 0.6 is 0 Å². The Bertz CT molecular complexity index is 1150. The third kappa shape index (κ3) is 9.08. The van der Waals surface area contributed by atoms with Crippen LogP contribution in [0.1, 0.15) is 52.3 Å². The quantitative estimate of drug-likeness (QED) is 0.417. The number of benzene rings is 1. The first-order valence-corrected chi connectivity index (χ1v) is 13.3. The summed E-state index contributed by atoms with van der Waals surface area (Å²) in [5.74, 6) is -1.13. The van der Waals surface area contributed by atoms with E-state index in [4.69, 9.17) is 4.74 Å². The zero-order valence-electron chi connectivity index (χ0n) is 23.2. The molecule has 0 aliphatic carbocycles. The molecule has 4 N–H and O–H groups in total. The predicted molar refractivity (Wildman–Crippen MR) is 143 cm³/mol. The Balaban J connectivity index is 1.82. The molecule has 2 aliphatic heterocycles. The lowest BCUT2D eigenvalue weighted by molar-refractivity contribution is -0.134. The number of rotatable bonds is 3. The molecule has 12 heteroatoms. The Labute approximate surface area is 228 Å². The number of fused-ring (bicyclic) bond motifs is 16. The summed E-state index contributed by atoms with van der Waals surface area (Å²) < 4.78 is 7.39. The zero-order chi connectivity index (χ0) is 28.5. The monoisotopic (exact) mass is 541 g/mol. The SMILES string of the molecule is CC(C)C[C@H]1NC(=O)Cc2ccc(cc2)OCCn2cc(nn2)CNC(=O)[C@@H](C)NC(=O)[C@H](C(C)C)NC1=O. The fourth-order valence-electron chi connectivity index (χ4n) is 4.11. The van der Waals surface area contributed by atoms with E-state index >= 15 is 0 Å². The molecule has 4 rings (SSSR count). The van der Waals surface area contributed by atoms with Crippen LogP contribution in [-0.4, -0.2) is 63.4 Å². The summed E-state index contributed by atoms with van der Waals surface area (Å²) in [5, 5.41) is 19.1. The van der Waals surface area contributed by atoms with Crippen molar-refractivity contribution in [3.8, 4) is 5.75 Å². The van der Waals surface area contributed by atoms with Crippen molar-refractivity contribution in [1.82, 2.24) is 36.3 Å². The minimum Gasteiger partial charge on any atom is -0.492 e. The Hall–Kier alpha value is -3.96. The second kappa shape index (κ2) is 13.7. The van der Waals surface area contributed by atoms with Gasteiger partial charge in [-0.3, -0.25) is 19.2 Å². The largest absolute Gasteiger partial charge is 0.492 e. The molecule has 0 fully saturated rings. The van der Waals surface area contributed by atoms with Gasteiger partial charge in [0.1, 0.15) is 36.2 Å². The Kier molecular flexibility index (Phi) is 10.4. The number of hydrogen-bond acceptors (Lipinski definition) is 7. The summed E-state index contributed by atoms with van der Waals surface area (Å²) >= 11 is 0. The molecule has 39 heavy (non-hydrogen) atoms. The molecular formula is C27H39N7O5. The number of nitrogens with zero attached hydrogens (tertiary/aromatic N) is 3. The summed E-state index contributed by atoms with van der Waals surface area (Å²) in [6, 6.07) is 4.61. The first-order valence-electron chi connectivity index (χ1n) is 13.3. The standard InChI is InChI=1S/C27H39N7O5/c1-16(2)12-22-26(37)31-24(17(3)4)27(38)29-18(5)25(36)28-14-20-15-34(33-32-20)10-11-39-21-8-6-19(7-9-21)13-23(35)30-22/h6-9,15-18,22,24H,10-14H2,1-5H3,(H,28,36)(H,29,38)(H,30,35)(H,31,37)/t18-,22-,24+/m1/s1. The minimum atomic E-state index is -0.895. The van der Waals surface area contributed by atoms with Crippen LogP contribution in [0.5, 0.6) is 5.75 Å². The van der Waals surface area contributed by atoms with Crippen LogP contribution in [0, 0.1) is 11.8 Å². The van der Waals surface area contributed by atoms with Crippen molar-refractivity contribution in [3.63, 3.8) is 0 Å². The molecule has 4 bridgehead atoms. The van der Waals surface area contributed by atoms with Crippen LogP contribution in [-0.2, 0) is 38.7 Å². The summed E-state index contributed by atoms with van der Waals surface area (Å²) in [6.45, 7) is 10.0. The molecule has 4 amide bonds. The van der Waals surface area contributed by atoms with E-state index in [0.717, 1.165) is 5.56 Å². The van der Waals surface area contributed by atoms with Crippen LogP contribution < -0.4 is 26.0 Å². The molecule has 12 nitrogen and oxygen atoms in total. The third-order valence-corrected chi connectivity index (χ3v) is 6.26. The lowest BCUT2D eigenvalue weighted by Crippen LogP contribution is -2.58. The van der Waals surface area contributed by atoms with E-state index in [9.17, 15) is 19.2 Å². The van der Waals surface area contributed by atoms with Crippen molar-refractivity contribution in [1.29, 1.82) is 0 Å². The highest BCUT2D eigenvalue weighted by molar-refractivity contribution is 5.94. The molecule has 212 valence electrons. The van der Waals surface area contributed by atoms with Gasteiger partial charge in [-0.25, -0.2) is 4.68 Å². The van der Waals surface area contributed by atoms with Crippen LogP contribution in [0.25, 0.3) is 0 Å². The maximum Gasteiger partial charge on any atom is 0.243 e. The number of aromatic nitrogens is 3. The van der Waals surface area contributed by atoms with E-state index < -0.39 is 35.8 Å². The van der Waals surface area contributed by atoms with Gasteiger partial charge in [0.2, 0.25) is 23.6 Å². The number of hydrogen-bond donors (Lipinski definition) is 4. The van der Waals surface area contributed by atoms with Gasteiger partial charge >= 0.3 is 0 Å². The van der Waals surface area contributed by atoms with Gasteiger partial charge in [-0.15, -0.1) is 5.10 Å². The normalized spacial score (nSPS) is 22.1. The second-order valence-electron chi connectivity index (χ2n) is 10.6. The van der Waals surface area contributed by atoms with Gasteiger partial charge in [-0.1, -0.05) is 45.0 Å². The first-order chi connectivity index (χ1) is 18.5. The predicted octanol–water partition coefficient (Wildman–Crippen LogP) is 0.706. The van der Waals surface area contributed by atoms with Crippen LogP contribution in [0.15, 0.2) is 30.5 Å². The van der Waals surface area contributed by atoms with Crippen LogP contribution in [0.2, 0.25) is 0 Å². The minimum absolute atomic E-state index is 0.0879. The van der Waals surface area contributed by atoms with E-state index in [1.807, 2.05) is 13.8 Å². The van der Waals surface area contributed by atoms with Gasteiger partial charge in [0.15, 0.2) is 0 Å². The molecule has 3 atom stereocenters. The van der Waals surface area contributed by atoms with Crippen molar-refractivity contribution in [3.05, 3.63) is 41.7 Å². The van der Waals surface area contributed by atoms with Crippen molar-refractivity contribution >= 4 is 23.6 Å². The maximum absolute atomic E-state index is 13.2. The molecule has 3 heterocycles. The van der Waals surface area contributed by atoms with E-state index in [2.05, 4.69) is 31.6 Å². The van der Waals surface area contributed by atoms with E-state index in [1.165, 1.54) is 0 Å². The van der Waals surface area contributed by atoms with E-state index in [0.29, 0.717) is 31.0 Å². The van der Waals surface area contributed by atoms with Crippen molar-refractivity contribution in [2.45, 2.75) is 78.7 Å². The number of ether oxygens (including phenoxy) is 1. The Morgan fingerprint density at radius 3 is 2.36 bits per heavy atom. The molecule has 1 aromatic heterocycles. The first kappa shape index (κ1) is 29.6.